The first-order valence-corrected chi connectivity index (χ1v) is 14.6. The van der Waals surface area contributed by atoms with Crippen LogP contribution in [0.25, 0.3) is 0 Å². The van der Waals surface area contributed by atoms with Crippen LogP contribution in [0.1, 0.15) is 118 Å². The number of benzene rings is 2. The number of carbonyl (C=O) groups excluding carboxylic acids is 3. The maximum atomic E-state index is 14.6. The zero-order valence-corrected chi connectivity index (χ0v) is 24.3. The van der Waals surface area contributed by atoms with Crippen molar-refractivity contribution in [3.05, 3.63) is 59.4 Å². The highest BCUT2D eigenvalue weighted by Crippen LogP contribution is 2.28. The predicted molar refractivity (Wildman–Crippen MR) is 150 cm³/mol. The van der Waals surface area contributed by atoms with Crippen LogP contribution < -0.4 is 9.47 Å². The van der Waals surface area contributed by atoms with E-state index in [9.17, 15) is 31.9 Å². The molecule has 0 saturated heterocycles. The third kappa shape index (κ3) is 12.6. The minimum Gasteiger partial charge on any atom is -0.449 e. The average Bonchev–Trinajstić information content (AvgIpc) is 2.94. The van der Waals surface area contributed by atoms with Crippen molar-refractivity contribution in [2.24, 2.45) is 0 Å². The summed E-state index contributed by atoms with van der Waals surface area (Å²) in [7, 11) is 0. The molecule has 10 heteroatoms. The number of unbranched alkanes of at least 4 members (excludes halogenated alkanes) is 9. The normalized spacial score (nSPS) is 12.0. The second kappa shape index (κ2) is 18.2. The Morgan fingerprint density at radius 2 is 1.29 bits per heavy atom. The van der Waals surface area contributed by atoms with E-state index in [4.69, 9.17) is 14.2 Å². The van der Waals surface area contributed by atoms with Gasteiger partial charge in [-0.3, -0.25) is 4.79 Å². The van der Waals surface area contributed by atoms with E-state index in [1.807, 2.05) is 6.92 Å². The van der Waals surface area contributed by atoms with Crippen molar-refractivity contribution in [2.45, 2.75) is 110 Å². The van der Waals surface area contributed by atoms with Gasteiger partial charge in [0.25, 0.3) is 0 Å². The van der Waals surface area contributed by atoms with E-state index in [2.05, 4.69) is 6.92 Å². The van der Waals surface area contributed by atoms with Crippen LogP contribution in [-0.2, 0) is 9.53 Å². The van der Waals surface area contributed by atoms with Crippen LogP contribution >= 0.6 is 0 Å². The summed E-state index contributed by atoms with van der Waals surface area (Å²) in [5.74, 6) is -3.76. The summed E-state index contributed by atoms with van der Waals surface area (Å²) in [6, 6.07) is 8.00. The fourth-order valence-electron chi connectivity index (χ4n) is 4.20. The maximum Gasteiger partial charge on any atom is 0.425 e. The molecule has 0 amide bonds. The van der Waals surface area contributed by atoms with Crippen LogP contribution in [0, 0.1) is 5.82 Å². The summed E-state index contributed by atoms with van der Waals surface area (Å²) >= 11 is 0. The number of hydrogen-bond donors (Lipinski definition) is 0. The molecule has 0 aliphatic carbocycles. The van der Waals surface area contributed by atoms with Gasteiger partial charge in [-0.15, -0.1) is 0 Å². The largest absolute Gasteiger partial charge is 0.449 e. The predicted octanol–water partition coefficient (Wildman–Crippen LogP) is 9.15. The first-order chi connectivity index (χ1) is 20.0. The number of carbonyl (C=O) groups is 3. The molecule has 0 aliphatic heterocycles. The van der Waals surface area contributed by atoms with Crippen LogP contribution in [0.3, 0.4) is 0 Å². The molecule has 1 atom stereocenters. The highest BCUT2D eigenvalue weighted by molar-refractivity contribution is 5.92. The molecule has 0 aliphatic rings. The number of hydrogen-bond acceptors (Lipinski definition) is 6. The second-order valence-electron chi connectivity index (χ2n) is 10.2. The van der Waals surface area contributed by atoms with Gasteiger partial charge in [-0.2, -0.15) is 13.2 Å². The third-order valence-corrected chi connectivity index (χ3v) is 6.61. The van der Waals surface area contributed by atoms with Gasteiger partial charge in [0.15, 0.2) is 6.10 Å². The second-order valence-corrected chi connectivity index (χ2v) is 10.2. The lowest BCUT2D eigenvalue weighted by molar-refractivity contribution is -0.206. The molecular formula is C32H40F4O6. The van der Waals surface area contributed by atoms with E-state index in [1.54, 1.807) is 0 Å². The molecule has 0 heterocycles. The van der Waals surface area contributed by atoms with Crippen LogP contribution in [0.2, 0.25) is 0 Å². The van der Waals surface area contributed by atoms with E-state index in [-0.39, 0.29) is 36.3 Å². The van der Waals surface area contributed by atoms with Crippen molar-refractivity contribution < 1.29 is 46.2 Å². The molecule has 0 radical (unpaired) electrons. The molecular weight excluding hydrogens is 556 g/mol. The molecule has 0 saturated carbocycles. The third-order valence-electron chi connectivity index (χ3n) is 6.61. The van der Waals surface area contributed by atoms with Gasteiger partial charge in [0, 0.05) is 12.5 Å². The van der Waals surface area contributed by atoms with Crippen LogP contribution in [0.5, 0.6) is 11.5 Å². The maximum absolute atomic E-state index is 14.6. The van der Waals surface area contributed by atoms with E-state index < -0.39 is 41.6 Å². The van der Waals surface area contributed by atoms with E-state index in [0.717, 1.165) is 56.4 Å². The zero-order chi connectivity index (χ0) is 31.0. The zero-order valence-electron chi connectivity index (χ0n) is 24.3. The van der Waals surface area contributed by atoms with Gasteiger partial charge in [-0.25, -0.2) is 14.0 Å². The minimum absolute atomic E-state index is 0.0395. The lowest BCUT2D eigenvalue weighted by Crippen LogP contribution is -2.33. The van der Waals surface area contributed by atoms with E-state index >= 15 is 0 Å². The molecule has 0 spiro atoms. The SMILES string of the molecule is CCCCCCCCCC(=O)Oc1ccc(C(=O)Oc2ccc(C(=O)OC(CCCCCC)C(F)(F)F)cc2)c(F)c1. The van der Waals surface area contributed by atoms with Gasteiger partial charge < -0.3 is 14.2 Å². The number of rotatable bonds is 18. The summed E-state index contributed by atoms with van der Waals surface area (Å²) in [4.78, 5) is 36.8. The van der Waals surface area contributed by atoms with Gasteiger partial charge in [-0.1, -0.05) is 71.6 Å². The van der Waals surface area contributed by atoms with E-state index in [1.165, 1.54) is 37.5 Å². The molecule has 0 aromatic heterocycles. The Balaban J connectivity index is 1.88. The molecule has 2 aromatic rings. The first kappa shape index (κ1) is 34.8. The van der Waals surface area contributed by atoms with Crippen LogP contribution in [-0.4, -0.2) is 30.2 Å². The summed E-state index contributed by atoms with van der Waals surface area (Å²) < 4.78 is 69.5. The molecule has 2 rings (SSSR count). The smallest absolute Gasteiger partial charge is 0.425 e. The first-order valence-electron chi connectivity index (χ1n) is 14.6. The molecule has 6 nitrogen and oxygen atoms in total. The molecule has 232 valence electrons. The van der Waals surface area contributed by atoms with Gasteiger partial charge in [0.05, 0.1) is 11.1 Å². The molecule has 0 bridgehead atoms. The number of alkyl halides is 3. The standard InChI is InChI=1S/C32H40F4O6/c1-3-5-7-9-10-11-13-15-29(37)40-25-20-21-26(27(33)22-25)31(39)41-24-18-16-23(17-19-24)30(38)42-28(32(34,35)36)14-12-8-6-4-2/h16-22,28H,3-15H2,1-2H3. The Labute approximate surface area is 244 Å². The van der Waals surface area contributed by atoms with Crippen molar-refractivity contribution in [1.82, 2.24) is 0 Å². The van der Waals surface area contributed by atoms with Crippen LogP contribution in [0.4, 0.5) is 17.6 Å². The molecule has 42 heavy (non-hydrogen) atoms. The Morgan fingerprint density at radius 3 is 1.88 bits per heavy atom. The van der Waals surface area contributed by atoms with Crippen molar-refractivity contribution in [3.63, 3.8) is 0 Å². The minimum atomic E-state index is -4.69. The fraction of sp³-hybridized carbons (Fsp3) is 0.531. The van der Waals surface area contributed by atoms with Crippen molar-refractivity contribution in [2.75, 3.05) is 0 Å². The topological polar surface area (TPSA) is 78.9 Å². The quantitative estimate of drug-likeness (QED) is 0.0739. The molecule has 1 unspecified atom stereocenters. The lowest BCUT2D eigenvalue weighted by atomic mass is 10.1. The summed E-state index contributed by atoms with van der Waals surface area (Å²) in [5, 5.41) is 0. The fourth-order valence-corrected chi connectivity index (χ4v) is 4.20. The molecule has 0 fully saturated rings. The highest BCUT2D eigenvalue weighted by atomic mass is 19.4. The number of halogens is 4. The van der Waals surface area contributed by atoms with Gasteiger partial charge >= 0.3 is 24.1 Å². The Morgan fingerprint density at radius 1 is 0.714 bits per heavy atom. The van der Waals surface area contributed by atoms with Crippen LogP contribution in [0.15, 0.2) is 42.5 Å². The van der Waals surface area contributed by atoms with E-state index in [0.29, 0.717) is 12.8 Å². The van der Waals surface area contributed by atoms with Crippen molar-refractivity contribution in [1.29, 1.82) is 0 Å². The Kier molecular flexibility index (Phi) is 15.1. The van der Waals surface area contributed by atoms with Gasteiger partial charge in [0.2, 0.25) is 0 Å². The molecule has 0 N–H and O–H groups in total. The van der Waals surface area contributed by atoms with Crippen molar-refractivity contribution in [3.8, 4) is 11.5 Å². The monoisotopic (exact) mass is 596 g/mol. The summed E-state index contributed by atoms with van der Waals surface area (Å²) in [6.45, 7) is 4.08. The Hall–Kier alpha value is -3.43. The highest BCUT2D eigenvalue weighted by Gasteiger charge is 2.42. The number of ether oxygens (including phenoxy) is 3. The van der Waals surface area contributed by atoms with Gasteiger partial charge in [0.1, 0.15) is 17.3 Å². The summed E-state index contributed by atoms with van der Waals surface area (Å²) in [5.41, 5.74) is -0.576. The average molecular weight is 597 g/mol. The summed E-state index contributed by atoms with van der Waals surface area (Å²) in [6.07, 6.45) is 2.82. The van der Waals surface area contributed by atoms with Gasteiger partial charge in [-0.05, 0) is 55.7 Å². The number of esters is 3. The van der Waals surface area contributed by atoms with Crippen molar-refractivity contribution >= 4 is 17.9 Å². The molecule has 2 aromatic carbocycles. The lowest BCUT2D eigenvalue weighted by Gasteiger charge is -2.20. The Bertz CT molecular complexity index is 1130.